The number of nitrogens with zero attached hydrogens (tertiary/aromatic N) is 1. The fourth-order valence-corrected chi connectivity index (χ4v) is 2.45. The molecule has 1 heterocycles. The molecule has 1 amide bonds. The lowest BCUT2D eigenvalue weighted by Gasteiger charge is -2.39. The summed E-state index contributed by atoms with van der Waals surface area (Å²) >= 11 is 0. The van der Waals surface area contributed by atoms with E-state index in [4.69, 9.17) is 14.6 Å². The number of ether oxygens (including phenoxy) is 2. The van der Waals surface area contributed by atoms with Crippen molar-refractivity contribution in [1.29, 1.82) is 0 Å². The second-order valence-electron chi connectivity index (χ2n) is 6.64. The highest BCUT2D eigenvalue weighted by Gasteiger charge is 2.42. The van der Waals surface area contributed by atoms with E-state index in [0.29, 0.717) is 39.0 Å². The molecule has 0 atom stereocenters. The van der Waals surface area contributed by atoms with Crippen molar-refractivity contribution in [2.45, 2.75) is 45.6 Å². The second kappa shape index (κ2) is 7.78. The molecule has 1 saturated heterocycles. The summed E-state index contributed by atoms with van der Waals surface area (Å²) in [4.78, 5) is 25.2. The number of aliphatic carboxylic acids is 1. The van der Waals surface area contributed by atoms with Crippen molar-refractivity contribution in [2.24, 2.45) is 5.41 Å². The van der Waals surface area contributed by atoms with Crippen LogP contribution in [0.15, 0.2) is 0 Å². The van der Waals surface area contributed by atoms with Crippen molar-refractivity contribution in [2.75, 3.05) is 32.9 Å². The Morgan fingerprint density at radius 1 is 1.18 bits per heavy atom. The highest BCUT2D eigenvalue weighted by Crippen LogP contribution is 2.35. The number of carbonyl (C=O) groups is 2. The van der Waals surface area contributed by atoms with Crippen LogP contribution in [-0.2, 0) is 14.3 Å². The molecule has 1 aliphatic heterocycles. The molecule has 0 unspecified atom stereocenters. The van der Waals surface area contributed by atoms with Gasteiger partial charge in [-0.1, -0.05) is 0 Å². The molecule has 0 spiro atoms. The first-order chi connectivity index (χ1) is 10.2. The Labute approximate surface area is 131 Å². The van der Waals surface area contributed by atoms with Crippen LogP contribution in [0.4, 0.5) is 4.79 Å². The molecule has 128 valence electrons. The summed E-state index contributed by atoms with van der Waals surface area (Å²) in [6.07, 6.45) is 0.738. The molecule has 2 N–H and O–H groups in total. The van der Waals surface area contributed by atoms with E-state index in [1.165, 1.54) is 0 Å². The summed E-state index contributed by atoms with van der Waals surface area (Å²) in [6.45, 7) is 6.55. The van der Waals surface area contributed by atoms with E-state index in [9.17, 15) is 14.7 Å². The summed E-state index contributed by atoms with van der Waals surface area (Å²) in [6, 6.07) is 0. The van der Waals surface area contributed by atoms with Crippen molar-refractivity contribution < 1.29 is 29.3 Å². The van der Waals surface area contributed by atoms with Crippen LogP contribution in [0.5, 0.6) is 0 Å². The number of aliphatic hydroxyl groups is 1. The molecule has 0 aromatic rings. The first-order valence-electron chi connectivity index (χ1n) is 7.60. The number of rotatable bonds is 6. The van der Waals surface area contributed by atoms with Gasteiger partial charge in [0.05, 0.1) is 18.6 Å². The van der Waals surface area contributed by atoms with Gasteiger partial charge in [0.25, 0.3) is 0 Å². The SMILES string of the molecule is CC(C)(C)OC(=O)N1CCC(CCOCCO)(C(=O)O)CC1. The molecule has 1 rings (SSSR count). The van der Waals surface area contributed by atoms with Gasteiger partial charge in [-0.05, 0) is 40.0 Å². The van der Waals surface area contributed by atoms with Gasteiger partial charge in [0.2, 0.25) is 0 Å². The summed E-state index contributed by atoms with van der Waals surface area (Å²) in [5.41, 5.74) is -1.43. The van der Waals surface area contributed by atoms with Gasteiger partial charge in [0.1, 0.15) is 5.60 Å². The normalized spacial score (nSPS) is 18.1. The van der Waals surface area contributed by atoms with Crippen LogP contribution in [0, 0.1) is 5.41 Å². The van der Waals surface area contributed by atoms with Crippen molar-refractivity contribution >= 4 is 12.1 Å². The highest BCUT2D eigenvalue weighted by atomic mass is 16.6. The molecular formula is C15H27NO6. The summed E-state index contributed by atoms with van der Waals surface area (Å²) in [7, 11) is 0. The van der Waals surface area contributed by atoms with Gasteiger partial charge < -0.3 is 24.6 Å². The third-order valence-electron chi connectivity index (χ3n) is 3.79. The predicted octanol–water partition coefficient (Wildman–Crippen LogP) is 1.49. The largest absolute Gasteiger partial charge is 0.481 e. The molecule has 0 radical (unpaired) electrons. The molecule has 0 bridgehead atoms. The minimum absolute atomic E-state index is 0.0769. The quantitative estimate of drug-likeness (QED) is 0.721. The second-order valence-corrected chi connectivity index (χ2v) is 6.64. The minimum atomic E-state index is -0.867. The average Bonchev–Trinajstić information content (AvgIpc) is 2.42. The van der Waals surface area contributed by atoms with E-state index >= 15 is 0 Å². The number of amides is 1. The molecule has 1 fully saturated rings. The van der Waals surface area contributed by atoms with E-state index < -0.39 is 23.1 Å². The van der Waals surface area contributed by atoms with Gasteiger partial charge in [-0.25, -0.2) is 4.79 Å². The number of hydrogen-bond acceptors (Lipinski definition) is 5. The van der Waals surface area contributed by atoms with Crippen molar-refractivity contribution in [1.82, 2.24) is 4.90 Å². The Morgan fingerprint density at radius 3 is 2.23 bits per heavy atom. The predicted molar refractivity (Wildman–Crippen MR) is 79.6 cm³/mol. The van der Waals surface area contributed by atoms with E-state index in [0.717, 1.165) is 0 Å². The lowest BCUT2D eigenvalue weighted by atomic mass is 9.76. The van der Waals surface area contributed by atoms with Crippen molar-refractivity contribution in [3.63, 3.8) is 0 Å². The first kappa shape index (κ1) is 18.7. The number of hydrogen-bond donors (Lipinski definition) is 2. The lowest BCUT2D eigenvalue weighted by Crippen LogP contribution is -2.48. The molecule has 22 heavy (non-hydrogen) atoms. The number of piperidine rings is 1. The van der Waals surface area contributed by atoms with Gasteiger partial charge >= 0.3 is 12.1 Å². The van der Waals surface area contributed by atoms with Crippen LogP contribution < -0.4 is 0 Å². The number of carboxylic acid groups (broad SMARTS) is 1. The van der Waals surface area contributed by atoms with Crippen LogP contribution in [-0.4, -0.2) is 65.7 Å². The third kappa shape index (κ3) is 5.46. The standard InChI is InChI=1S/C15H27NO6/c1-14(2,3)22-13(20)16-7-4-15(5-8-16,12(18)19)6-10-21-11-9-17/h17H,4-11H2,1-3H3,(H,18,19). The Kier molecular flexibility index (Phi) is 6.62. The lowest BCUT2D eigenvalue weighted by molar-refractivity contribution is -0.153. The van der Waals surface area contributed by atoms with Gasteiger partial charge in [-0.2, -0.15) is 0 Å². The van der Waals surface area contributed by atoms with Crippen molar-refractivity contribution in [3.05, 3.63) is 0 Å². The smallest absolute Gasteiger partial charge is 0.410 e. The molecular weight excluding hydrogens is 290 g/mol. The molecule has 7 nitrogen and oxygen atoms in total. The van der Waals surface area contributed by atoms with Crippen LogP contribution >= 0.6 is 0 Å². The average molecular weight is 317 g/mol. The van der Waals surface area contributed by atoms with E-state index in [2.05, 4.69) is 0 Å². The zero-order valence-corrected chi connectivity index (χ0v) is 13.6. The molecule has 0 saturated carbocycles. The summed E-state index contributed by atoms with van der Waals surface area (Å²) in [5, 5.41) is 18.2. The maximum absolute atomic E-state index is 12.0. The number of aliphatic hydroxyl groups excluding tert-OH is 1. The number of carboxylic acids is 1. The maximum Gasteiger partial charge on any atom is 0.410 e. The Bertz CT molecular complexity index is 382. The Morgan fingerprint density at radius 2 is 1.77 bits per heavy atom. The molecule has 0 aliphatic carbocycles. The molecule has 7 heteroatoms. The number of carbonyl (C=O) groups excluding carboxylic acids is 1. The van der Waals surface area contributed by atoms with Gasteiger partial charge in [-0.15, -0.1) is 0 Å². The summed E-state index contributed by atoms with van der Waals surface area (Å²) in [5.74, 6) is -0.857. The van der Waals surface area contributed by atoms with Gasteiger partial charge in [0, 0.05) is 19.7 Å². The van der Waals surface area contributed by atoms with Gasteiger partial charge in [0.15, 0.2) is 0 Å². The third-order valence-corrected chi connectivity index (χ3v) is 3.79. The fourth-order valence-electron chi connectivity index (χ4n) is 2.45. The molecule has 1 aliphatic rings. The van der Waals surface area contributed by atoms with E-state index in [1.54, 1.807) is 25.7 Å². The fraction of sp³-hybridized carbons (Fsp3) is 0.867. The van der Waals surface area contributed by atoms with E-state index in [-0.39, 0.29) is 13.2 Å². The van der Waals surface area contributed by atoms with Crippen molar-refractivity contribution in [3.8, 4) is 0 Å². The highest BCUT2D eigenvalue weighted by molar-refractivity contribution is 5.75. The zero-order valence-electron chi connectivity index (χ0n) is 13.6. The van der Waals surface area contributed by atoms with Crippen LogP contribution in [0.3, 0.4) is 0 Å². The molecule has 0 aromatic heterocycles. The Balaban J connectivity index is 2.54. The number of likely N-dealkylation sites (tertiary alicyclic amines) is 1. The monoisotopic (exact) mass is 317 g/mol. The maximum atomic E-state index is 12.0. The molecule has 0 aromatic carbocycles. The minimum Gasteiger partial charge on any atom is -0.481 e. The zero-order chi connectivity index (χ0) is 16.8. The summed E-state index contributed by atoms with van der Waals surface area (Å²) < 4.78 is 10.5. The van der Waals surface area contributed by atoms with E-state index in [1.807, 2.05) is 0 Å². The van der Waals surface area contributed by atoms with Crippen LogP contribution in [0.25, 0.3) is 0 Å². The topological polar surface area (TPSA) is 96.3 Å². The Hall–Kier alpha value is -1.34. The van der Waals surface area contributed by atoms with Crippen LogP contribution in [0.1, 0.15) is 40.0 Å². The first-order valence-corrected chi connectivity index (χ1v) is 7.60. The van der Waals surface area contributed by atoms with Gasteiger partial charge in [-0.3, -0.25) is 4.79 Å². The van der Waals surface area contributed by atoms with Crippen LogP contribution in [0.2, 0.25) is 0 Å².